The second kappa shape index (κ2) is 8.09. The molecule has 0 aromatic carbocycles. The molecule has 0 aliphatic carbocycles. The number of hydrogen-bond donors (Lipinski definition) is 1. The summed E-state index contributed by atoms with van der Waals surface area (Å²) in [6.07, 6.45) is 2.48. The smallest absolute Gasteiger partial charge is 0.0931 e. The van der Waals surface area contributed by atoms with Crippen LogP contribution in [0.5, 0.6) is 0 Å². The van der Waals surface area contributed by atoms with Crippen LogP contribution in [0.15, 0.2) is 12.1 Å². The molecule has 2 nitrogen and oxygen atoms in total. The minimum Gasteiger partial charge on any atom is -0.317 e. The zero-order valence-electron chi connectivity index (χ0n) is 11.0. The summed E-state index contributed by atoms with van der Waals surface area (Å²) >= 11 is 7.61. The molecule has 0 aliphatic rings. The molecule has 1 rings (SSSR count). The lowest BCUT2D eigenvalue weighted by Crippen LogP contribution is -2.29. The highest BCUT2D eigenvalue weighted by molar-refractivity contribution is 7.16. The van der Waals surface area contributed by atoms with E-state index in [9.17, 15) is 0 Å². The number of rotatable bonds is 8. The first-order valence-corrected chi connectivity index (χ1v) is 7.48. The summed E-state index contributed by atoms with van der Waals surface area (Å²) in [5, 5.41) is 3.36. The number of nitrogens with one attached hydrogen (secondary N) is 1. The Bertz CT molecular complexity index is 314. The van der Waals surface area contributed by atoms with Crippen molar-refractivity contribution in [2.75, 3.05) is 20.1 Å². The van der Waals surface area contributed by atoms with Gasteiger partial charge < -0.3 is 5.32 Å². The Labute approximate surface area is 114 Å². The van der Waals surface area contributed by atoms with E-state index >= 15 is 0 Å². The molecule has 0 saturated carbocycles. The molecule has 0 spiro atoms. The van der Waals surface area contributed by atoms with Gasteiger partial charge in [-0.15, -0.1) is 11.3 Å². The summed E-state index contributed by atoms with van der Waals surface area (Å²) in [5.41, 5.74) is 0. The SMILES string of the molecule is CCNCCCC(C)N(C)Cc1ccc(Cl)s1. The second-order valence-electron chi connectivity index (χ2n) is 4.47. The van der Waals surface area contributed by atoms with Gasteiger partial charge in [-0.25, -0.2) is 0 Å². The van der Waals surface area contributed by atoms with Crippen molar-refractivity contribution in [2.45, 2.75) is 39.3 Å². The van der Waals surface area contributed by atoms with E-state index in [1.54, 1.807) is 11.3 Å². The van der Waals surface area contributed by atoms with Crippen LogP contribution >= 0.6 is 22.9 Å². The third-order valence-electron chi connectivity index (χ3n) is 3.01. The predicted molar refractivity (Wildman–Crippen MR) is 78.0 cm³/mol. The van der Waals surface area contributed by atoms with E-state index in [1.807, 2.05) is 6.07 Å². The molecular formula is C13H23ClN2S. The van der Waals surface area contributed by atoms with Crippen molar-refractivity contribution >= 4 is 22.9 Å². The standard InChI is InChI=1S/C13H23ClN2S/c1-4-15-9-5-6-11(2)16(3)10-12-7-8-13(14)17-12/h7-8,11,15H,4-6,9-10H2,1-3H3. The maximum absolute atomic E-state index is 5.93. The van der Waals surface area contributed by atoms with Crippen molar-refractivity contribution in [3.63, 3.8) is 0 Å². The summed E-state index contributed by atoms with van der Waals surface area (Å²) in [4.78, 5) is 3.74. The molecule has 1 unspecified atom stereocenters. The van der Waals surface area contributed by atoms with Crippen LogP contribution in [0.3, 0.4) is 0 Å². The van der Waals surface area contributed by atoms with Gasteiger partial charge in [0.05, 0.1) is 4.34 Å². The third-order valence-corrected chi connectivity index (χ3v) is 4.23. The summed E-state index contributed by atoms with van der Waals surface area (Å²) in [6, 6.07) is 4.72. The number of nitrogens with zero attached hydrogens (tertiary/aromatic N) is 1. The van der Waals surface area contributed by atoms with Gasteiger partial charge in [0.15, 0.2) is 0 Å². The van der Waals surface area contributed by atoms with Gasteiger partial charge in [-0.05, 0) is 52.0 Å². The van der Waals surface area contributed by atoms with Crippen molar-refractivity contribution < 1.29 is 0 Å². The third kappa shape index (κ3) is 5.87. The predicted octanol–water partition coefficient (Wildman–Crippen LogP) is 3.61. The van der Waals surface area contributed by atoms with Gasteiger partial charge in [0.25, 0.3) is 0 Å². The molecule has 1 heterocycles. The highest BCUT2D eigenvalue weighted by atomic mass is 35.5. The molecule has 17 heavy (non-hydrogen) atoms. The fraction of sp³-hybridized carbons (Fsp3) is 0.692. The van der Waals surface area contributed by atoms with Crippen LogP contribution in [-0.4, -0.2) is 31.1 Å². The summed E-state index contributed by atoms with van der Waals surface area (Å²) < 4.78 is 0.883. The zero-order valence-corrected chi connectivity index (χ0v) is 12.6. The molecule has 0 bridgehead atoms. The number of thiophene rings is 1. The molecule has 1 aromatic rings. The Balaban J connectivity index is 2.24. The van der Waals surface area contributed by atoms with Gasteiger partial charge in [-0.3, -0.25) is 4.90 Å². The lowest BCUT2D eigenvalue weighted by Gasteiger charge is -2.24. The van der Waals surface area contributed by atoms with Crippen LogP contribution in [-0.2, 0) is 6.54 Å². The van der Waals surface area contributed by atoms with Crippen LogP contribution in [0.4, 0.5) is 0 Å². The molecular weight excluding hydrogens is 252 g/mol. The van der Waals surface area contributed by atoms with Gasteiger partial charge >= 0.3 is 0 Å². The minimum atomic E-state index is 0.620. The number of halogens is 1. The molecule has 1 aromatic heterocycles. The number of hydrogen-bond acceptors (Lipinski definition) is 3. The lowest BCUT2D eigenvalue weighted by molar-refractivity contribution is 0.236. The van der Waals surface area contributed by atoms with Gasteiger partial charge in [0, 0.05) is 17.5 Å². The monoisotopic (exact) mass is 274 g/mol. The summed E-state index contributed by atoms with van der Waals surface area (Å²) in [5.74, 6) is 0. The van der Waals surface area contributed by atoms with E-state index in [0.29, 0.717) is 6.04 Å². The molecule has 4 heteroatoms. The minimum absolute atomic E-state index is 0.620. The van der Waals surface area contributed by atoms with E-state index in [4.69, 9.17) is 11.6 Å². The van der Waals surface area contributed by atoms with Crippen molar-refractivity contribution in [1.82, 2.24) is 10.2 Å². The van der Waals surface area contributed by atoms with E-state index in [-0.39, 0.29) is 0 Å². The van der Waals surface area contributed by atoms with E-state index in [0.717, 1.165) is 24.0 Å². The zero-order chi connectivity index (χ0) is 12.7. The maximum atomic E-state index is 5.93. The first-order chi connectivity index (χ1) is 8.13. The topological polar surface area (TPSA) is 15.3 Å². The second-order valence-corrected chi connectivity index (χ2v) is 6.27. The van der Waals surface area contributed by atoms with Gasteiger partial charge in [0.1, 0.15) is 0 Å². The van der Waals surface area contributed by atoms with Crippen molar-refractivity contribution in [2.24, 2.45) is 0 Å². The van der Waals surface area contributed by atoms with E-state index in [2.05, 4.69) is 37.2 Å². The van der Waals surface area contributed by atoms with Crippen LogP contribution in [0.25, 0.3) is 0 Å². The summed E-state index contributed by atoms with van der Waals surface area (Å²) in [7, 11) is 2.19. The molecule has 0 fully saturated rings. The molecule has 1 atom stereocenters. The summed E-state index contributed by atoms with van der Waals surface area (Å²) in [6.45, 7) is 7.63. The van der Waals surface area contributed by atoms with Crippen molar-refractivity contribution in [3.8, 4) is 0 Å². The Morgan fingerprint density at radius 3 is 2.82 bits per heavy atom. The first-order valence-electron chi connectivity index (χ1n) is 6.28. The Kier molecular flexibility index (Phi) is 7.12. The van der Waals surface area contributed by atoms with E-state index in [1.165, 1.54) is 17.7 Å². The van der Waals surface area contributed by atoms with Crippen LogP contribution in [0.2, 0.25) is 4.34 Å². The highest BCUT2D eigenvalue weighted by Crippen LogP contribution is 2.23. The first kappa shape index (κ1) is 15.0. The van der Waals surface area contributed by atoms with Crippen LogP contribution < -0.4 is 5.32 Å². The quantitative estimate of drug-likeness (QED) is 0.729. The molecule has 98 valence electrons. The fourth-order valence-electron chi connectivity index (χ4n) is 1.76. The fourth-order valence-corrected chi connectivity index (χ4v) is 2.91. The largest absolute Gasteiger partial charge is 0.317 e. The lowest BCUT2D eigenvalue weighted by atomic mass is 10.1. The molecule has 0 saturated heterocycles. The molecule has 0 aliphatic heterocycles. The van der Waals surface area contributed by atoms with Gasteiger partial charge in [-0.1, -0.05) is 18.5 Å². The van der Waals surface area contributed by atoms with Gasteiger partial charge in [-0.2, -0.15) is 0 Å². The Morgan fingerprint density at radius 2 is 2.24 bits per heavy atom. The highest BCUT2D eigenvalue weighted by Gasteiger charge is 2.10. The average molecular weight is 275 g/mol. The van der Waals surface area contributed by atoms with Crippen molar-refractivity contribution in [3.05, 3.63) is 21.3 Å². The van der Waals surface area contributed by atoms with Crippen LogP contribution in [0.1, 0.15) is 31.6 Å². The molecule has 0 radical (unpaired) electrons. The Hall–Kier alpha value is -0.0900. The maximum Gasteiger partial charge on any atom is 0.0931 e. The van der Waals surface area contributed by atoms with Gasteiger partial charge in [0.2, 0.25) is 0 Å². The van der Waals surface area contributed by atoms with E-state index < -0.39 is 0 Å². The average Bonchev–Trinajstić information content (AvgIpc) is 2.70. The Morgan fingerprint density at radius 1 is 1.47 bits per heavy atom. The van der Waals surface area contributed by atoms with Crippen LogP contribution in [0, 0.1) is 0 Å². The van der Waals surface area contributed by atoms with Crippen molar-refractivity contribution in [1.29, 1.82) is 0 Å². The molecule has 1 N–H and O–H groups in total. The molecule has 0 amide bonds. The normalized spacial score (nSPS) is 13.2.